The monoisotopic (exact) mass is 571 g/mol. The van der Waals surface area contributed by atoms with Crippen molar-refractivity contribution in [3.05, 3.63) is 30.3 Å². The van der Waals surface area contributed by atoms with E-state index in [1.54, 1.807) is 24.3 Å². The van der Waals surface area contributed by atoms with E-state index in [0.29, 0.717) is 0 Å². The van der Waals surface area contributed by atoms with E-state index in [9.17, 15) is 19.2 Å². The smallest absolute Gasteiger partial charge is 0.407 e. The van der Waals surface area contributed by atoms with Crippen LogP contribution in [0.4, 0.5) is 4.79 Å². The van der Waals surface area contributed by atoms with Gasteiger partial charge in [-0.1, -0.05) is 64.8 Å². The fraction of sp³-hybridized carbons (Fsp3) is 0.524. The van der Waals surface area contributed by atoms with E-state index in [2.05, 4.69) is 5.32 Å². The lowest BCUT2D eigenvalue weighted by Crippen LogP contribution is -2.65. The highest BCUT2D eigenvalue weighted by atomic mass is 35.6. The van der Waals surface area contributed by atoms with Crippen molar-refractivity contribution in [2.24, 2.45) is 0 Å². The molecule has 1 aliphatic heterocycles. The zero-order valence-electron chi connectivity index (χ0n) is 18.9. The predicted octanol–water partition coefficient (Wildman–Crippen LogP) is 3.40. The third kappa shape index (κ3) is 10.3. The molecule has 14 heteroatoms. The molecule has 1 aromatic rings. The molecule has 0 aliphatic carbocycles. The molecule has 0 radical (unpaired) electrons. The molecule has 1 fully saturated rings. The molecule has 1 aliphatic rings. The molecule has 35 heavy (non-hydrogen) atoms. The lowest BCUT2D eigenvalue weighted by atomic mass is 9.97. The Balaban J connectivity index is 2.42. The average molecular weight is 573 g/mol. The lowest BCUT2D eigenvalue weighted by Gasteiger charge is -2.44. The fourth-order valence-corrected chi connectivity index (χ4v) is 4.43. The minimum absolute atomic E-state index is 0.304. The van der Waals surface area contributed by atoms with Crippen LogP contribution in [-0.4, -0.2) is 70.8 Å². The van der Waals surface area contributed by atoms with Crippen LogP contribution < -0.4 is 5.32 Å². The van der Waals surface area contributed by atoms with E-state index in [4.69, 9.17) is 58.5 Å². The van der Waals surface area contributed by atoms with Gasteiger partial charge in [-0.05, 0) is 12.1 Å². The maximum Gasteiger partial charge on any atom is 0.407 e. The van der Waals surface area contributed by atoms with Crippen LogP contribution in [0.15, 0.2) is 35.2 Å². The molecule has 1 N–H and O–H groups in total. The van der Waals surface area contributed by atoms with Crippen molar-refractivity contribution in [1.82, 2.24) is 5.32 Å². The number of thioether (sulfide) groups is 1. The predicted molar refractivity (Wildman–Crippen MR) is 127 cm³/mol. The SMILES string of the molecule is CC(=O)OC[C@@H]1O[C@@H](Sc2ccccc2)[C@@H](NC(=O)OCC(Cl)(Cl)Cl)[C@@H](OC(C)=O)[C@H]1OC(C)=O. The number of hydrogen-bond donors (Lipinski definition) is 1. The van der Waals surface area contributed by atoms with Crippen LogP contribution in [-0.2, 0) is 38.1 Å². The summed E-state index contributed by atoms with van der Waals surface area (Å²) in [6.07, 6.45) is -4.50. The molecular weight excluding hydrogens is 549 g/mol. The normalized spacial score (nSPS) is 24.1. The van der Waals surface area contributed by atoms with Gasteiger partial charge in [0.25, 0.3) is 0 Å². The number of amides is 1. The van der Waals surface area contributed by atoms with Crippen molar-refractivity contribution in [1.29, 1.82) is 0 Å². The number of benzene rings is 1. The molecule has 2 rings (SSSR count). The molecule has 1 saturated heterocycles. The Morgan fingerprint density at radius 3 is 2.09 bits per heavy atom. The van der Waals surface area contributed by atoms with Gasteiger partial charge in [0, 0.05) is 25.7 Å². The van der Waals surface area contributed by atoms with E-state index >= 15 is 0 Å². The number of alkyl carbamates (subject to hydrolysis) is 1. The van der Waals surface area contributed by atoms with Crippen molar-refractivity contribution < 1.29 is 42.9 Å². The van der Waals surface area contributed by atoms with Crippen LogP contribution in [0.25, 0.3) is 0 Å². The summed E-state index contributed by atoms with van der Waals surface area (Å²) in [4.78, 5) is 48.5. The van der Waals surface area contributed by atoms with Gasteiger partial charge in [-0.3, -0.25) is 14.4 Å². The lowest BCUT2D eigenvalue weighted by molar-refractivity contribution is -0.211. The number of carbonyl (C=O) groups excluding carboxylic acids is 4. The molecule has 0 aromatic heterocycles. The molecular formula is C21H24Cl3NO9S. The summed E-state index contributed by atoms with van der Waals surface area (Å²) in [7, 11) is 0. The van der Waals surface area contributed by atoms with Gasteiger partial charge in [0.2, 0.25) is 3.79 Å². The van der Waals surface area contributed by atoms with Crippen LogP contribution in [0.3, 0.4) is 0 Å². The van der Waals surface area contributed by atoms with Crippen LogP contribution in [0.1, 0.15) is 20.8 Å². The molecule has 0 saturated carbocycles. The molecule has 194 valence electrons. The fourth-order valence-electron chi connectivity index (χ4n) is 3.11. The summed E-state index contributed by atoms with van der Waals surface area (Å²) >= 11 is 18.1. The van der Waals surface area contributed by atoms with Crippen molar-refractivity contribution >= 4 is 70.6 Å². The van der Waals surface area contributed by atoms with Gasteiger partial charge in [-0.25, -0.2) is 4.79 Å². The number of alkyl halides is 3. The molecule has 5 atom stereocenters. The number of esters is 3. The number of ether oxygens (including phenoxy) is 5. The Labute approximate surface area is 221 Å². The van der Waals surface area contributed by atoms with E-state index in [1.807, 2.05) is 6.07 Å². The summed E-state index contributed by atoms with van der Waals surface area (Å²) in [6, 6.07) is 7.91. The Hall–Kier alpha value is -1.92. The molecule has 10 nitrogen and oxygen atoms in total. The summed E-state index contributed by atoms with van der Waals surface area (Å²) in [6.45, 7) is 2.64. The van der Waals surface area contributed by atoms with Crippen molar-refractivity contribution in [2.75, 3.05) is 13.2 Å². The Morgan fingerprint density at radius 2 is 1.54 bits per heavy atom. The molecule has 0 unspecified atom stereocenters. The van der Waals surface area contributed by atoms with Gasteiger partial charge in [-0.15, -0.1) is 0 Å². The summed E-state index contributed by atoms with van der Waals surface area (Å²) in [5.41, 5.74) is -0.908. The largest absolute Gasteiger partial charge is 0.463 e. The zero-order valence-corrected chi connectivity index (χ0v) is 22.0. The second-order valence-corrected chi connectivity index (χ2v) is 11.0. The number of halogens is 3. The van der Waals surface area contributed by atoms with Gasteiger partial charge in [0.05, 0.1) is 0 Å². The second kappa shape index (κ2) is 13.4. The van der Waals surface area contributed by atoms with Gasteiger partial charge >= 0.3 is 24.0 Å². The van der Waals surface area contributed by atoms with Crippen LogP contribution in [0.5, 0.6) is 0 Å². The van der Waals surface area contributed by atoms with Gasteiger partial charge in [0.15, 0.2) is 12.2 Å². The Bertz CT molecular complexity index is 900. The maximum absolute atomic E-state index is 12.5. The van der Waals surface area contributed by atoms with E-state index in [-0.39, 0.29) is 6.61 Å². The van der Waals surface area contributed by atoms with Crippen LogP contribution >= 0.6 is 46.6 Å². The van der Waals surface area contributed by atoms with E-state index in [0.717, 1.165) is 18.7 Å². The summed E-state index contributed by atoms with van der Waals surface area (Å²) in [5.74, 6) is -2.03. The van der Waals surface area contributed by atoms with Gasteiger partial charge in [0.1, 0.15) is 30.8 Å². The molecule has 1 heterocycles. The Kier molecular flexibility index (Phi) is 11.2. The highest BCUT2D eigenvalue weighted by molar-refractivity contribution is 7.99. The summed E-state index contributed by atoms with van der Waals surface area (Å²) in [5, 5.41) is 2.55. The first-order chi connectivity index (χ1) is 16.4. The van der Waals surface area contributed by atoms with E-state index < -0.39 is 64.2 Å². The highest BCUT2D eigenvalue weighted by Gasteiger charge is 2.51. The highest BCUT2D eigenvalue weighted by Crippen LogP contribution is 2.36. The average Bonchev–Trinajstić information content (AvgIpc) is 2.74. The zero-order chi connectivity index (χ0) is 26.2. The minimum Gasteiger partial charge on any atom is -0.463 e. The topological polar surface area (TPSA) is 126 Å². The molecule has 1 aromatic carbocycles. The first-order valence-corrected chi connectivity index (χ1v) is 12.2. The van der Waals surface area contributed by atoms with Crippen molar-refractivity contribution in [3.63, 3.8) is 0 Å². The van der Waals surface area contributed by atoms with Crippen LogP contribution in [0.2, 0.25) is 0 Å². The first-order valence-electron chi connectivity index (χ1n) is 10.2. The van der Waals surface area contributed by atoms with Crippen LogP contribution in [0, 0.1) is 0 Å². The van der Waals surface area contributed by atoms with Gasteiger partial charge in [-0.2, -0.15) is 0 Å². The third-order valence-corrected chi connectivity index (χ3v) is 5.86. The minimum atomic E-state index is -1.86. The Morgan fingerprint density at radius 1 is 0.943 bits per heavy atom. The van der Waals surface area contributed by atoms with Crippen molar-refractivity contribution in [2.45, 2.75) is 59.2 Å². The summed E-state index contributed by atoms with van der Waals surface area (Å²) < 4.78 is 25.1. The second-order valence-electron chi connectivity index (χ2n) is 7.29. The van der Waals surface area contributed by atoms with Crippen molar-refractivity contribution in [3.8, 4) is 0 Å². The molecule has 0 bridgehead atoms. The standard InChI is InChI=1S/C21H24Cl3NO9S/c1-11(26)30-9-15-17(32-12(2)27)18(33-13(3)28)16(25-20(29)31-10-21(22,23)24)19(34-15)35-14-7-5-4-6-8-14/h4-8,15-19H,9-10H2,1-3H3,(H,25,29)/t15-,16-,17-,18+,19-/m0/s1. The maximum atomic E-state index is 12.5. The van der Waals surface area contributed by atoms with E-state index in [1.165, 1.54) is 18.7 Å². The quantitative estimate of drug-likeness (QED) is 0.281. The first kappa shape index (κ1) is 29.3. The number of nitrogens with one attached hydrogen (secondary N) is 1. The number of carbonyl (C=O) groups is 4. The number of hydrogen-bond acceptors (Lipinski definition) is 10. The molecule has 1 amide bonds. The number of rotatable bonds is 8. The molecule has 0 spiro atoms. The van der Waals surface area contributed by atoms with Gasteiger partial charge < -0.3 is 29.0 Å². The third-order valence-electron chi connectivity index (χ3n) is 4.35.